The van der Waals surface area contributed by atoms with Crippen LogP contribution >= 0.6 is 15.9 Å². The van der Waals surface area contributed by atoms with Crippen molar-refractivity contribution in [3.05, 3.63) is 83.1 Å². The second kappa shape index (κ2) is 7.49. The van der Waals surface area contributed by atoms with Crippen molar-refractivity contribution in [2.45, 2.75) is 6.61 Å². The van der Waals surface area contributed by atoms with E-state index in [1.807, 2.05) is 60.7 Å². The maximum Gasteiger partial charge on any atom is 0.248 e. The first-order chi connectivity index (χ1) is 12.8. The smallest absolute Gasteiger partial charge is 0.248 e. The van der Waals surface area contributed by atoms with Gasteiger partial charge >= 0.3 is 0 Å². The zero-order chi connectivity index (χ0) is 17.8. The van der Waals surface area contributed by atoms with E-state index in [0.29, 0.717) is 18.4 Å². The zero-order valence-electron chi connectivity index (χ0n) is 13.7. The predicted molar refractivity (Wildman–Crippen MR) is 101 cm³/mol. The maximum absolute atomic E-state index is 5.87. The first-order valence-electron chi connectivity index (χ1n) is 8.00. The molecule has 4 rings (SSSR count). The van der Waals surface area contributed by atoms with Crippen molar-refractivity contribution in [1.82, 2.24) is 15.2 Å². The summed E-state index contributed by atoms with van der Waals surface area (Å²) < 4.78 is 12.6. The highest BCUT2D eigenvalue weighted by Crippen LogP contribution is 2.26. The van der Waals surface area contributed by atoms with Gasteiger partial charge in [0.05, 0.1) is 4.47 Å². The van der Waals surface area contributed by atoms with Crippen LogP contribution < -0.4 is 4.74 Å². The fourth-order valence-corrected chi connectivity index (χ4v) is 2.87. The molecule has 0 saturated carbocycles. The lowest BCUT2D eigenvalue weighted by atomic mass is 10.1. The third kappa shape index (κ3) is 3.65. The van der Waals surface area contributed by atoms with Gasteiger partial charge < -0.3 is 9.15 Å². The summed E-state index contributed by atoms with van der Waals surface area (Å²) in [6.45, 7) is 0.446. The quantitative estimate of drug-likeness (QED) is 0.458. The molecule has 0 fully saturated rings. The van der Waals surface area contributed by atoms with Gasteiger partial charge in [-0.2, -0.15) is 0 Å². The Morgan fingerprint density at radius 1 is 0.846 bits per heavy atom. The Morgan fingerprint density at radius 3 is 2.42 bits per heavy atom. The van der Waals surface area contributed by atoms with E-state index in [1.165, 1.54) is 0 Å². The topological polar surface area (TPSA) is 61.0 Å². The van der Waals surface area contributed by atoms with E-state index in [9.17, 15) is 0 Å². The summed E-state index contributed by atoms with van der Waals surface area (Å²) in [5.74, 6) is 1.74. The van der Waals surface area contributed by atoms with Crippen LogP contribution in [0.4, 0.5) is 0 Å². The van der Waals surface area contributed by atoms with Gasteiger partial charge in [0.15, 0.2) is 0 Å². The minimum atomic E-state index is 0.446. The summed E-state index contributed by atoms with van der Waals surface area (Å²) >= 11 is 3.48. The summed E-state index contributed by atoms with van der Waals surface area (Å²) in [7, 11) is 0. The summed E-state index contributed by atoms with van der Waals surface area (Å²) in [5.41, 5.74) is 2.71. The molecule has 2 aromatic heterocycles. The van der Waals surface area contributed by atoms with Crippen molar-refractivity contribution in [3.8, 4) is 28.7 Å². The van der Waals surface area contributed by atoms with E-state index in [4.69, 9.17) is 9.15 Å². The second-order valence-electron chi connectivity index (χ2n) is 5.57. The molecule has 6 heteroatoms. The highest BCUT2D eigenvalue weighted by molar-refractivity contribution is 9.10. The van der Waals surface area contributed by atoms with E-state index in [0.717, 1.165) is 26.9 Å². The van der Waals surface area contributed by atoms with Crippen molar-refractivity contribution in [3.63, 3.8) is 0 Å². The van der Waals surface area contributed by atoms with E-state index in [-0.39, 0.29) is 0 Å². The zero-order valence-corrected chi connectivity index (χ0v) is 15.3. The Labute approximate surface area is 158 Å². The number of ether oxygens (including phenoxy) is 1. The number of halogens is 1. The highest BCUT2D eigenvalue weighted by atomic mass is 79.9. The maximum atomic E-state index is 5.87. The molecule has 0 aliphatic carbocycles. The molecule has 0 amide bonds. The van der Waals surface area contributed by atoms with Crippen LogP contribution in [-0.2, 0) is 6.61 Å². The van der Waals surface area contributed by atoms with E-state index in [2.05, 4.69) is 31.1 Å². The standard InChI is InChI=1S/C20H14BrN3O2/c21-17-6-1-2-7-18(17)25-13-14-4-3-5-16(12-14)20-24-23-19(26-20)15-8-10-22-11-9-15/h1-12H,13H2. The summed E-state index contributed by atoms with van der Waals surface area (Å²) in [5, 5.41) is 8.27. The SMILES string of the molecule is Brc1ccccc1OCc1cccc(-c2nnc(-c3ccncc3)o2)c1. The van der Waals surface area contributed by atoms with Gasteiger partial charge in [-0.25, -0.2) is 0 Å². The van der Waals surface area contributed by atoms with Crippen LogP contribution in [0.2, 0.25) is 0 Å². The van der Waals surface area contributed by atoms with Gasteiger partial charge in [-0.1, -0.05) is 24.3 Å². The Bertz CT molecular complexity index is 1020. The van der Waals surface area contributed by atoms with Crippen LogP contribution in [0.1, 0.15) is 5.56 Å². The molecule has 0 unspecified atom stereocenters. The normalized spacial score (nSPS) is 10.7. The van der Waals surface area contributed by atoms with Gasteiger partial charge in [0.1, 0.15) is 12.4 Å². The number of benzene rings is 2. The average Bonchev–Trinajstić information content (AvgIpc) is 3.19. The Hall–Kier alpha value is -2.99. The van der Waals surface area contributed by atoms with Gasteiger partial charge in [0.25, 0.3) is 0 Å². The third-order valence-electron chi connectivity index (χ3n) is 3.76. The van der Waals surface area contributed by atoms with Crippen molar-refractivity contribution >= 4 is 15.9 Å². The number of hydrogen-bond acceptors (Lipinski definition) is 5. The molecule has 0 saturated heterocycles. The molecular formula is C20H14BrN3O2. The molecule has 5 nitrogen and oxygen atoms in total. The predicted octanol–water partition coefficient (Wildman–Crippen LogP) is 5.14. The molecule has 0 N–H and O–H groups in total. The highest BCUT2D eigenvalue weighted by Gasteiger charge is 2.11. The van der Waals surface area contributed by atoms with Gasteiger partial charge in [-0.15, -0.1) is 10.2 Å². The Morgan fingerprint density at radius 2 is 1.62 bits per heavy atom. The van der Waals surface area contributed by atoms with Crippen molar-refractivity contribution < 1.29 is 9.15 Å². The molecule has 26 heavy (non-hydrogen) atoms. The van der Waals surface area contributed by atoms with Crippen molar-refractivity contribution in [1.29, 1.82) is 0 Å². The van der Waals surface area contributed by atoms with Gasteiger partial charge in [0.2, 0.25) is 11.8 Å². The molecule has 2 heterocycles. The van der Waals surface area contributed by atoms with Crippen LogP contribution in [0.5, 0.6) is 5.75 Å². The molecule has 0 radical (unpaired) electrons. The molecular weight excluding hydrogens is 394 g/mol. The van der Waals surface area contributed by atoms with E-state index >= 15 is 0 Å². The minimum absolute atomic E-state index is 0.446. The molecule has 128 valence electrons. The van der Waals surface area contributed by atoms with Crippen LogP contribution in [0.15, 0.2) is 81.9 Å². The van der Waals surface area contributed by atoms with Crippen LogP contribution in [-0.4, -0.2) is 15.2 Å². The van der Waals surface area contributed by atoms with Crippen LogP contribution in [0.3, 0.4) is 0 Å². The second-order valence-corrected chi connectivity index (χ2v) is 6.42. The van der Waals surface area contributed by atoms with Crippen molar-refractivity contribution in [2.75, 3.05) is 0 Å². The summed E-state index contributed by atoms with van der Waals surface area (Å²) in [6.07, 6.45) is 3.39. The number of hydrogen-bond donors (Lipinski definition) is 0. The van der Waals surface area contributed by atoms with Crippen LogP contribution in [0.25, 0.3) is 22.9 Å². The molecule has 4 aromatic rings. The largest absolute Gasteiger partial charge is 0.488 e. The van der Waals surface area contributed by atoms with E-state index < -0.39 is 0 Å². The van der Waals surface area contributed by atoms with E-state index in [1.54, 1.807) is 12.4 Å². The first-order valence-corrected chi connectivity index (χ1v) is 8.79. The summed E-state index contributed by atoms with van der Waals surface area (Å²) in [4.78, 5) is 3.99. The van der Waals surface area contributed by atoms with Gasteiger partial charge in [0, 0.05) is 23.5 Å². The summed E-state index contributed by atoms with van der Waals surface area (Å²) in [6, 6.07) is 19.3. The third-order valence-corrected chi connectivity index (χ3v) is 4.41. The minimum Gasteiger partial charge on any atom is -0.488 e. The average molecular weight is 408 g/mol. The first kappa shape index (κ1) is 16.5. The number of nitrogens with zero attached hydrogens (tertiary/aromatic N) is 3. The molecule has 0 spiro atoms. The number of para-hydroxylation sites is 1. The molecule has 0 bridgehead atoms. The Kier molecular flexibility index (Phi) is 4.75. The van der Waals surface area contributed by atoms with Crippen LogP contribution in [0, 0.1) is 0 Å². The fraction of sp³-hybridized carbons (Fsp3) is 0.0500. The molecule has 0 aliphatic heterocycles. The lowest BCUT2D eigenvalue weighted by Gasteiger charge is -2.08. The number of rotatable bonds is 5. The van der Waals surface area contributed by atoms with Gasteiger partial charge in [-0.3, -0.25) is 4.98 Å². The molecule has 2 aromatic carbocycles. The Balaban J connectivity index is 1.53. The van der Waals surface area contributed by atoms with Gasteiger partial charge in [-0.05, 0) is 57.9 Å². The lowest BCUT2D eigenvalue weighted by molar-refractivity contribution is 0.304. The number of aromatic nitrogens is 3. The molecule has 0 aliphatic rings. The molecule has 0 atom stereocenters. The fourth-order valence-electron chi connectivity index (χ4n) is 2.47. The number of pyridine rings is 1. The van der Waals surface area contributed by atoms with Crippen molar-refractivity contribution in [2.24, 2.45) is 0 Å². The monoisotopic (exact) mass is 407 g/mol. The lowest BCUT2D eigenvalue weighted by Crippen LogP contribution is -1.96.